The Morgan fingerprint density at radius 3 is 2.19 bits per heavy atom. The smallest absolute Gasteiger partial charge is 0.383 e. The van der Waals surface area contributed by atoms with Gasteiger partial charge >= 0.3 is 6.18 Å². The summed E-state index contributed by atoms with van der Waals surface area (Å²) in [5.74, 6) is 0. The van der Waals surface area contributed by atoms with Crippen LogP contribution in [-0.2, 0) is 21.6 Å². The number of hydrogen-bond acceptors (Lipinski definition) is 4. The lowest BCUT2D eigenvalue weighted by Gasteiger charge is -2.35. The summed E-state index contributed by atoms with van der Waals surface area (Å²) in [6.45, 7) is 0. The first-order valence-electron chi connectivity index (χ1n) is 6.62. The maximum atomic E-state index is 12.5. The Labute approximate surface area is 119 Å². The van der Waals surface area contributed by atoms with E-state index in [0.29, 0.717) is 19.0 Å². The Bertz CT molecular complexity index is 634. The molecule has 0 amide bonds. The number of halogens is 3. The largest absolute Gasteiger partial charge is 0.417 e. The van der Waals surface area contributed by atoms with Gasteiger partial charge in [-0.15, -0.1) is 0 Å². The van der Waals surface area contributed by atoms with E-state index in [-0.39, 0.29) is 18.5 Å². The van der Waals surface area contributed by atoms with Crippen molar-refractivity contribution in [2.75, 3.05) is 0 Å². The van der Waals surface area contributed by atoms with E-state index < -0.39 is 37.7 Å². The third kappa shape index (κ3) is 2.34. The normalized spacial score (nSPS) is 34.9. The van der Waals surface area contributed by atoms with Crippen molar-refractivity contribution in [2.24, 2.45) is 0 Å². The van der Waals surface area contributed by atoms with E-state index in [1.165, 1.54) is 0 Å². The van der Waals surface area contributed by atoms with E-state index in [2.05, 4.69) is 4.98 Å². The molecule has 0 aliphatic carbocycles. The van der Waals surface area contributed by atoms with Crippen molar-refractivity contribution in [1.82, 2.24) is 4.98 Å². The van der Waals surface area contributed by atoms with Gasteiger partial charge in [-0.25, -0.2) is 8.42 Å². The topological polar surface area (TPSA) is 67.3 Å². The van der Waals surface area contributed by atoms with Crippen LogP contribution in [0.2, 0.25) is 0 Å². The van der Waals surface area contributed by atoms with Gasteiger partial charge in [-0.1, -0.05) is 0 Å². The van der Waals surface area contributed by atoms with Crippen LogP contribution >= 0.6 is 0 Å². The molecule has 21 heavy (non-hydrogen) atoms. The van der Waals surface area contributed by atoms with E-state index in [1.807, 2.05) is 0 Å². The van der Waals surface area contributed by atoms with Crippen molar-refractivity contribution < 1.29 is 26.7 Å². The van der Waals surface area contributed by atoms with Crippen LogP contribution in [0.3, 0.4) is 0 Å². The molecule has 1 N–H and O–H groups in total. The molecule has 1 aromatic heterocycles. The molecule has 2 aliphatic rings. The second-order valence-corrected chi connectivity index (χ2v) is 8.29. The minimum atomic E-state index is -4.48. The summed E-state index contributed by atoms with van der Waals surface area (Å²) in [7, 11) is -3.21. The van der Waals surface area contributed by atoms with Crippen LogP contribution in [-0.4, -0.2) is 29.0 Å². The summed E-state index contributed by atoms with van der Waals surface area (Å²) in [5.41, 5.74) is -2.23. The van der Waals surface area contributed by atoms with Crippen LogP contribution in [0.25, 0.3) is 0 Å². The molecule has 2 unspecified atom stereocenters. The highest BCUT2D eigenvalue weighted by Crippen LogP contribution is 2.47. The summed E-state index contributed by atoms with van der Waals surface area (Å²) in [5, 5.41) is 9.40. The maximum absolute atomic E-state index is 12.5. The van der Waals surface area contributed by atoms with Crippen LogP contribution < -0.4 is 0 Å². The molecule has 116 valence electrons. The predicted molar refractivity (Wildman–Crippen MR) is 68.1 cm³/mol. The van der Waals surface area contributed by atoms with Gasteiger partial charge in [0.05, 0.1) is 21.8 Å². The van der Waals surface area contributed by atoms with Gasteiger partial charge in [0, 0.05) is 6.20 Å². The number of hydrogen-bond donors (Lipinski definition) is 1. The molecule has 8 heteroatoms. The van der Waals surface area contributed by atoms with Gasteiger partial charge in [-0.3, -0.25) is 4.98 Å². The van der Waals surface area contributed by atoms with Gasteiger partial charge in [0.25, 0.3) is 0 Å². The third-order valence-electron chi connectivity index (χ3n) is 4.44. The molecule has 2 atom stereocenters. The summed E-state index contributed by atoms with van der Waals surface area (Å²) >= 11 is 0. The molecule has 0 spiro atoms. The third-order valence-corrected chi connectivity index (χ3v) is 7.10. The lowest BCUT2D eigenvalue weighted by atomic mass is 9.89. The monoisotopic (exact) mass is 321 g/mol. The highest BCUT2D eigenvalue weighted by atomic mass is 32.2. The number of rotatable bonds is 1. The zero-order valence-corrected chi connectivity index (χ0v) is 11.8. The molecule has 0 aromatic carbocycles. The average Bonchev–Trinajstić information content (AvgIpc) is 2.58. The number of pyridine rings is 1. The molecule has 0 saturated carbocycles. The van der Waals surface area contributed by atoms with Crippen molar-refractivity contribution in [3.8, 4) is 0 Å². The van der Waals surface area contributed by atoms with Gasteiger partial charge in [0.1, 0.15) is 5.60 Å². The summed E-state index contributed by atoms with van der Waals surface area (Å²) < 4.78 is 61.5. The van der Waals surface area contributed by atoms with Gasteiger partial charge in [0.2, 0.25) is 0 Å². The van der Waals surface area contributed by atoms with Crippen LogP contribution in [0.1, 0.15) is 36.9 Å². The number of aromatic nitrogens is 1. The molecule has 2 fully saturated rings. The van der Waals surface area contributed by atoms with Gasteiger partial charge in [0.15, 0.2) is 9.84 Å². The van der Waals surface area contributed by atoms with Crippen molar-refractivity contribution >= 4 is 9.84 Å². The Balaban J connectivity index is 1.91. The van der Waals surface area contributed by atoms with Gasteiger partial charge in [-0.05, 0) is 37.8 Å². The molecule has 3 rings (SSSR count). The van der Waals surface area contributed by atoms with E-state index in [1.54, 1.807) is 0 Å². The van der Waals surface area contributed by atoms with E-state index >= 15 is 0 Å². The fourth-order valence-corrected chi connectivity index (χ4v) is 5.78. The number of aliphatic hydroxyl groups is 1. The highest BCUT2D eigenvalue weighted by molar-refractivity contribution is 7.93. The standard InChI is InChI=1S/C13H14F3NO3S/c14-13(15,16)8-1-4-11(17-7-8)12(18)5-9-2-3-10(6-12)21(9,19)20/h1,4,7,9-10,18H,2-3,5-6H2. The molecular weight excluding hydrogens is 307 g/mol. The van der Waals surface area contributed by atoms with E-state index in [4.69, 9.17) is 0 Å². The van der Waals surface area contributed by atoms with Crippen molar-refractivity contribution in [3.63, 3.8) is 0 Å². The summed E-state index contributed by atoms with van der Waals surface area (Å²) in [6.07, 6.45) is -2.80. The lowest BCUT2D eigenvalue weighted by Crippen LogP contribution is -2.43. The van der Waals surface area contributed by atoms with Gasteiger partial charge < -0.3 is 5.11 Å². The fraction of sp³-hybridized carbons (Fsp3) is 0.615. The average molecular weight is 321 g/mol. The Kier molecular flexibility index (Phi) is 3.11. The first kappa shape index (κ1) is 14.8. The molecule has 4 nitrogen and oxygen atoms in total. The zero-order valence-electron chi connectivity index (χ0n) is 11.0. The van der Waals surface area contributed by atoms with Crippen molar-refractivity contribution in [1.29, 1.82) is 0 Å². The molecule has 1 aromatic rings. The minimum Gasteiger partial charge on any atom is -0.383 e. The first-order valence-corrected chi connectivity index (χ1v) is 8.23. The Morgan fingerprint density at radius 2 is 1.76 bits per heavy atom. The number of sulfone groups is 1. The maximum Gasteiger partial charge on any atom is 0.417 e. The molecule has 2 aliphatic heterocycles. The number of fused-ring (bicyclic) bond motifs is 2. The van der Waals surface area contributed by atoms with Gasteiger partial charge in [-0.2, -0.15) is 13.2 Å². The van der Waals surface area contributed by atoms with Crippen LogP contribution in [0.5, 0.6) is 0 Å². The van der Waals surface area contributed by atoms with Crippen LogP contribution in [0.4, 0.5) is 13.2 Å². The van der Waals surface area contributed by atoms with Crippen molar-refractivity contribution in [2.45, 2.75) is 48.0 Å². The van der Waals surface area contributed by atoms with E-state index in [0.717, 1.165) is 12.1 Å². The second kappa shape index (κ2) is 4.42. The van der Waals surface area contributed by atoms with Crippen LogP contribution in [0, 0.1) is 0 Å². The summed E-state index contributed by atoms with van der Waals surface area (Å²) in [6, 6.07) is 2.01. The second-order valence-electron chi connectivity index (χ2n) is 5.78. The molecule has 0 radical (unpaired) electrons. The number of alkyl halides is 3. The van der Waals surface area contributed by atoms with Crippen LogP contribution in [0.15, 0.2) is 18.3 Å². The molecule has 2 saturated heterocycles. The lowest BCUT2D eigenvalue weighted by molar-refractivity contribution is -0.137. The Morgan fingerprint density at radius 1 is 1.19 bits per heavy atom. The molecule has 3 heterocycles. The molecular formula is C13H14F3NO3S. The van der Waals surface area contributed by atoms with Crippen molar-refractivity contribution in [3.05, 3.63) is 29.6 Å². The highest BCUT2D eigenvalue weighted by Gasteiger charge is 2.53. The minimum absolute atomic E-state index is 0.00416. The molecule has 2 bridgehead atoms. The zero-order chi connectivity index (χ0) is 15.5. The fourth-order valence-electron chi connectivity index (χ4n) is 3.29. The first-order chi connectivity index (χ1) is 9.63. The summed E-state index contributed by atoms with van der Waals surface area (Å²) in [4.78, 5) is 3.72. The SMILES string of the molecule is O=S1(=O)C2CCC1CC(O)(c1ccc(C(F)(F)F)cn1)C2. The van der Waals surface area contributed by atoms with E-state index in [9.17, 15) is 26.7 Å². The Hall–Kier alpha value is -1.15. The predicted octanol–water partition coefficient (Wildman–Crippen LogP) is 2.03. The number of nitrogens with zero attached hydrogens (tertiary/aromatic N) is 1. The quantitative estimate of drug-likeness (QED) is 0.859.